The zero-order chi connectivity index (χ0) is 12.3. The van der Waals surface area contributed by atoms with Crippen molar-refractivity contribution in [2.24, 2.45) is 5.73 Å². The average molecular weight is 254 g/mol. The summed E-state index contributed by atoms with van der Waals surface area (Å²) in [5.74, 6) is -0.506. The lowest BCUT2D eigenvalue weighted by atomic mass is 10.1. The number of hydrogen-bond acceptors (Lipinski definition) is 3. The third-order valence-corrected chi connectivity index (χ3v) is 3.03. The zero-order valence-corrected chi connectivity index (χ0v) is 10.3. The standard InChI is InChI=1S/C12H16ClN3O/c13-9-2-1-3-10(11(9)12(14)17)16-7-6-15-8-4-5-8/h1-3,8,15-16H,4-7H2,(H2,14,17). The highest BCUT2D eigenvalue weighted by molar-refractivity contribution is 6.34. The molecule has 0 heterocycles. The molecule has 1 amide bonds. The quantitative estimate of drug-likeness (QED) is 0.675. The second kappa shape index (κ2) is 5.38. The molecule has 2 rings (SSSR count). The van der Waals surface area contributed by atoms with Crippen LogP contribution in [0.25, 0.3) is 0 Å². The molecule has 0 bridgehead atoms. The number of primary amides is 1. The van der Waals surface area contributed by atoms with E-state index in [0.717, 1.165) is 13.1 Å². The van der Waals surface area contributed by atoms with E-state index in [1.54, 1.807) is 12.1 Å². The van der Waals surface area contributed by atoms with Crippen molar-refractivity contribution in [1.82, 2.24) is 5.32 Å². The van der Waals surface area contributed by atoms with E-state index in [0.29, 0.717) is 22.3 Å². The van der Waals surface area contributed by atoms with Gasteiger partial charge in [-0.1, -0.05) is 17.7 Å². The Morgan fingerprint density at radius 2 is 2.18 bits per heavy atom. The number of hydrogen-bond donors (Lipinski definition) is 3. The van der Waals surface area contributed by atoms with Gasteiger partial charge in [-0.15, -0.1) is 0 Å². The third-order valence-electron chi connectivity index (χ3n) is 2.71. The molecule has 0 atom stereocenters. The highest BCUT2D eigenvalue weighted by Crippen LogP contribution is 2.23. The van der Waals surface area contributed by atoms with Crippen molar-refractivity contribution in [3.63, 3.8) is 0 Å². The molecule has 1 saturated carbocycles. The first-order chi connectivity index (χ1) is 8.18. The Balaban J connectivity index is 1.93. The van der Waals surface area contributed by atoms with Gasteiger partial charge in [0.15, 0.2) is 0 Å². The maximum absolute atomic E-state index is 11.3. The van der Waals surface area contributed by atoms with Gasteiger partial charge in [-0.05, 0) is 25.0 Å². The molecule has 0 spiro atoms. The fourth-order valence-electron chi connectivity index (χ4n) is 1.68. The molecule has 1 aromatic rings. The van der Waals surface area contributed by atoms with Crippen LogP contribution in [0.4, 0.5) is 5.69 Å². The van der Waals surface area contributed by atoms with E-state index in [1.165, 1.54) is 12.8 Å². The summed E-state index contributed by atoms with van der Waals surface area (Å²) >= 11 is 5.94. The molecule has 5 heteroatoms. The van der Waals surface area contributed by atoms with Crippen LogP contribution in [0.2, 0.25) is 5.02 Å². The largest absolute Gasteiger partial charge is 0.383 e. The number of carbonyl (C=O) groups is 1. The van der Waals surface area contributed by atoms with Crippen LogP contribution in [0.5, 0.6) is 0 Å². The molecular weight excluding hydrogens is 238 g/mol. The molecule has 92 valence electrons. The van der Waals surface area contributed by atoms with Gasteiger partial charge in [0.1, 0.15) is 0 Å². The minimum atomic E-state index is -0.506. The predicted octanol–water partition coefficient (Wildman–Crippen LogP) is 1.60. The summed E-state index contributed by atoms with van der Waals surface area (Å²) in [4.78, 5) is 11.3. The molecule has 4 N–H and O–H groups in total. The molecule has 1 aliphatic rings. The van der Waals surface area contributed by atoms with Gasteiger partial charge in [-0.3, -0.25) is 4.79 Å². The van der Waals surface area contributed by atoms with Crippen LogP contribution in [-0.4, -0.2) is 25.0 Å². The van der Waals surface area contributed by atoms with E-state index < -0.39 is 5.91 Å². The topological polar surface area (TPSA) is 67.2 Å². The number of halogens is 1. The molecule has 0 aromatic heterocycles. The van der Waals surface area contributed by atoms with E-state index in [-0.39, 0.29) is 0 Å². The molecule has 0 radical (unpaired) electrons. The summed E-state index contributed by atoms with van der Waals surface area (Å²) in [6.07, 6.45) is 2.54. The normalized spacial score (nSPS) is 14.6. The molecule has 0 saturated heterocycles. The van der Waals surface area contributed by atoms with Gasteiger partial charge in [-0.2, -0.15) is 0 Å². The molecule has 1 aliphatic carbocycles. The van der Waals surface area contributed by atoms with Crippen LogP contribution in [0.3, 0.4) is 0 Å². The lowest BCUT2D eigenvalue weighted by Gasteiger charge is -2.11. The minimum absolute atomic E-state index is 0.362. The van der Waals surface area contributed by atoms with Gasteiger partial charge in [0.25, 0.3) is 5.91 Å². The summed E-state index contributed by atoms with van der Waals surface area (Å²) in [7, 11) is 0. The highest BCUT2D eigenvalue weighted by Gasteiger charge is 2.19. The van der Waals surface area contributed by atoms with Crippen molar-refractivity contribution in [1.29, 1.82) is 0 Å². The van der Waals surface area contributed by atoms with E-state index in [1.807, 2.05) is 6.07 Å². The van der Waals surface area contributed by atoms with Gasteiger partial charge in [0, 0.05) is 24.8 Å². The fraction of sp³-hybridized carbons (Fsp3) is 0.417. The van der Waals surface area contributed by atoms with Gasteiger partial charge in [0.2, 0.25) is 0 Å². The molecule has 0 unspecified atom stereocenters. The number of nitrogens with one attached hydrogen (secondary N) is 2. The number of nitrogens with two attached hydrogens (primary N) is 1. The van der Waals surface area contributed by atoms with Gasteiger partial charge in [-0.25, -0.2) is 0 Å². The molecule has 1 fully saturated rings. The number of carbonyl (C=O) groups excluding carboxylic acids is 1. The number of amides is 1. The van der Waals surface area contributed by atoms with E-state index in [9.17, 15) is 4.79 Å². The highest BCUT2D eigenvalue weighted by atomic mass is 35.5. The maximum Gasteiger partial charge on any atom is 0.252 e. The molecular formula is C12H16ClN3O. The lowest BCUT2D eigenvalue weighted by Crippen LogP contribution is -2.25. The summed E-state index contributed by atoms with van der Waals surface area (Å²) < 4.78 is 0. The maximum atomic E-state index is 11.3. The van der Waals surface area contributed by atoms with Crippen molar-refractivity contribution in [2.75, 3.05) is 18.4 Å². The third kappa shape index (κ3) is 3.35. The van der Waals surface area contributed by atoms with E-state index in [2.05, 4.69) is 10.6 Å². The van der Waals surface area contributed by atoms with Crippen LogP contribution < -0.4 is 16.4 Å². The Kier molecular flexibility index (Phi) is 3.86. The van der Waals surface area contributed by atoms with Crippen LogP contribution >= 0.6 is 11.6 Å². The van der Waals surface area contributed by atoms with Crippen molar-refractivity contribution < 1.29 is 4.79 Å². The Morgan fingerprint density at radius 3 is 2.82 bits per heavy atom. The number of anilines is 1. The zero-order valence-electron chi connectivity index (χ0n) is 9.50. The Hall–Kier alpha value is -1.26. The summed E-state index contributed by atoms with van der Waals surface area (Å²) in [6.45, 7) is 1.62. The second-order valence-corrected chi connectivity index (χ2v) is 4.59. The number of benzene rings is 1. The molecule has 17 heavy (non-hydrogen) atoms. The second-order valence-electron chi connectivity index (χ2n) is 4.18. The number of rotatable bonds is 6. The first-order valence-corrected chi connectivity index (χ1v) is 6.12. The Labute approximate surface area is 106 Å². The predicted molar refractivity (Wildman–Crippen MR) is 69.5 cm³/mol. The summed E-state index contributed by atoms with van der Waals surface area (Å²) in [6, 6.07) is 5.95. The van der Waals surface area contributed by atoms with Crippen molar-refractivity contribution in [3.8, 4) is 0 Å². The average Bonchev–Trinajstić information content (AvgIpc) is 3.07. The van der Waals surface area contributed by atoms with Crippen molar-refractivity contribution >= 4 is 23.2 Å². The van der Waals surface area contributed by atoms with Crippen LogP contribution in [0.1, 0.15) is 23.2 Å². The lowest BCUT2D eigenvalue weighted by molar-refractivity contribution is 0.100. The minimum Gasteiger partial charge on any atom is -0.383 e. The van der Waals surface area contributed by atoms with E-state index in [4.69, 9.17) is 17.3 Å². The summed E-state index contributed by atoms with van der Waals surface area (Å²) in [5, 5.41) is 6.94. The molecule has 4 nitrogen and oxygen atoms in total. The first kappa shape index (κ1) is 12.2. The van der Waals surface area contributed by atoms with E-state index >= 15 is 0 Å². The molecule has 1 aromatic carbocycles. The van der Waals surface area contributed by atoms with Crippen LogP contribution in [0.15, 0.2) is 18.2 Å². The van der Waals surface area contributed by atoms with Crippen LogP contribution in [-0.2, 0) is 0 Å². The van der Waals surface area contributed by atoms with Gasteiger partial charge < -0.3 is 16.4 Å². The van der Waals surface area contributed by atoms with Crippen LogP contribution in [0, 0.1) is 0 Å². The smallest absolute Gasteiger partial charge is 0.252 e. The Bertz CT molecular complexity index is 418. The first-order valence-electron chi connectivity index (χ1n) is 5.74. The fourth-order valence-corrected chi connectivity index (χ4v) is 1.95. The van der Waals surface area contributed by atoms with Crippen molar-refractivity contribution in [2.45, 2.75) is 18.9 Å². The monoisotopic (exact) mass is 253 g/mol. The SMILES string of the molecule is NC(=O)c1c(Cl)cccc1NCCNC1CC1. The van der Waals surface area contributed by atoms with Gasteiger partial charge in [0.05, 0.1) is 10.6 Å². The Morgan fingerprint density at radius 1 is 1.41 bits per heavy atom. The van der Waals surface area contributed by atoms with Gasteiger partial charge >= 0.3 is 0 Å². The van der Waals surface area contributed by atoms with Crippen molar-refractivity contribution in [3.05, 3.63) is 28.8 Å². The summed E-state index contributed by atoms with van der Waals surface area (Å²) in [5.41, 5.74) is 6.36. The molecule has 0 aliphatic heterocycles.